The first kappa shape index (κ1) is 16.8. The molecule has 0 aliphatic rings. The Balaban J connectivity index is 2.63. The Morgan fingerprint density at radius 2 is 1.90 bits per heavy atom. The van der Waals surface area contributed by atoms with Crippen molar-refractivity contribution in [1.82, 2.24) is 10.3 Å². The lowest BCUT2D eigenvalue weighted by Gasteiger charge is -2.22. The number of halogens is 3. The molecule has 0 saturated carbocycles. The van der Waals surface area contributed by atoms with Crippen molar-refractivity contribution < 1.29 is 13.2 Å². The second kappa shape index (κ2) is 6.43. The van der Waals surface area contributed by atoms with E-state index in [1.54, 1.807) is 13.2 Å². The number of nitrogens with zero attached hydrogens (tertiary/aromatic N) is 2. The van der Waals surface area contributed by atoms with E-state index in [4.69, 9.17) is 0 Å². The van der Waals surface area contributed by atoms with E-state index in [0.29, 0.717) is 12.4 Å². The van der Waals surface area contributed by atoms with Gasteiger partial charge in [0.15, 0.2) is 0 Å². The number of aromatic nitrogens is 1. The molecule has 0 atom stereocenters. The SMILES string of the molecule is CN(CCC(F)(F)F)c1cc(CNC(C)(C)C)ccn1. The molecule has 20 heavy (non-hydrogen) atoms. The lowest BCUT2D eigenvalue weighted by molar-refractivity contribution is -0.132. The minimum atomic E-state index is -4.14. The third-order valence-corrected chi connectivity index (χ3v) is 2.75. The summed E-state index contributed by atoms with van der Waals surface area (Å²) in [7, 11) is 1.62. The van der Waals surface area contributed by atoms with Crippen molar-refractivity contribution in [3.63, 3.8) is 0 Å². The summed E-state index contributed by atoms with van der Waals surface area (Å²) in [4.78, 5) is 5.64. The van der Waals surface area contributed by atoms with Gasteiger partial charge in [-0.1, -0.05) is 0 Å². The zero-order chi connectivity index (χ0) is 15.4. The van der Waals surface area contributed by atoms with Crippen molar-refractivity contribution in [3.8, 4) is 0 Å². The third kappa shape index (κ3) is 6.75. The van der Waals surface area contributed by atoms with Gasteiger partial charge in [0.2, 0.25) is 0 Å². The molecule has 0 aromatic carbocycles. The molecule has 0 saturated heterocycles. The average molecular weight is 289 g/mol. The van der Waals surface area contributed by atoms with Crippen molar-refractivity contribution in [2.24, 2.45) is 0 Å². The van der Waals surface area contributed by atoms with Gasteiger partial charge in [0, 0.05) is 31.9 Å². The van der Waals surface area contributed by atoms with Gasteiger partial charge in [-0.3, -0.25) is 0 Å². The molecule has 0 amide bonds. The van der Waals surface area contributed by atoms with Crippen LogP contribution in [0.4, 0.5) is 19.0 Å². The quantitative estimate of drug-likeness (QED) is 0.901. The van der Waals surface area contributed by atoms with E-state index >= 15 is 0 Å². The van der Waals surface area contributed by atoms with Crippen molar-refractivity contribution in [3.05, 3.63) is 23.9 Å². The molecule has 1 aromatic rings. The summed E-state index contributed by atoms with van der Waals surface area (Å²) in [5.74, 6) is 0.558. The van der Waals surface area contributed by atoms with Crippen LogP contribution in [0.2, 0.25) is 0 Å². The Morgan fingerprint density at radius 3 is 2.45 bits per heavy atom. The van der Waals surface area contributed by atoms with Crippen LogP contribution in [0.1, 0.15) is 32.8 Å². The number of hydrogen-bond acceptors (Lipinski definition) is 3. The second-order valence-electron chi connectivity index (χ2n) is 5.91. The minimum absolute atomic E-state index is 0.00831. The highest BCUT2D eigenvalue weighted by atomic mass is 19.4. The number of hydrogen-bond donors (Lipinski definition) is 1. The van der Waals surface area contributed by atoms with Crippen molar-refractivity contribution in [2.45, 2.75) is 45.5 Å². The maximum Gasteiger partial charge on any atom is 0.390 e. The Labute approximate surface area is 118 Å². The molecule has 6 heteroatoms. The summed E-state index contributed by atoms with van der Waals surface area (Å²) in [6.45, 7) is 6.75. The summed E-state index contributed by atoms with van der Waals surface area (Å²) >= 11 is 0. The van der Waals surface area contributed by atoms with Crippen LogP contribution in [0.25, 0.3) is 0 Å². The highest BCUT2D eigenvalue weighted by Crippen LogP contribution is 2.21. The standard InChI is InChI=1S/C14H22F3N3/c1-13(2,3)19-10-11-5-7-18-12(9-11)20(4)8-6-14(15,16)17/h5,7,9,19H,6,8,10H2,1-4H3. The average Bonchev–Trinajstić information content (AvgIpc) is 2.32. The van der Waals surface area contributed by atoms with Gasteiger partial charge in [0.25, 0.3) is 0 Å². The van der Waals surface area contributed by atoms with E-state index in [9.17, 15) is 13.2 Å². The van der Waals surface area contributed by atoms with Crippen molar-refractivity contribution >= 4 is 5.82 Å². The van der Waals surface area contributed by atoms with Crippen LogP contribution in [-0.2, 0) is 6.54 Å². The van der Waals surface area contributed by atoms with Crippen LogP contribution in [-0.4, -0.2) is 30.3 Å². The van der Waals surface area contributed by atoms with E-state index in [2.05, 4.69) is 31.1 Å². The second-order valence-corrected chi connectivity index (χ2v) is 5.91. The number of pyridine rings is 1. The van der Waals surface area contributed by atoms with Crippen molar-refractivity contribution in [1.29, 1.82) is 0 Å². The maximum absolute atomic E-state index is 12.2. The first-order valence-electron chi connectivity index (χ1n) is 6.55. The van der Waals surface area contributed by atoms with Gasteiger partial charge in [0.05, 0.1) is 6.42 Å². The molecule has 3 nitrogen and oxygen atoms in total. The van der Waals surface area contributed by atoms with Gasteiger partial charge < -0.3 is 10.2 Å². The van der Waals surface area contributed by atoms with Gasteiger partial charge in [-0.05, 0) is 38.5 Å². The fourth-order valence-electron chi connectivity index (χ4n) is 1.56. The lowest BCUT2D eigenvalue weighted by atomic mass is 10.1. The molecular formula is C14H22F3N3. The number of rotatable bonds is 5. The van der Waals surface area contributed by atoms with Crippen LogP contribution < -0.4 is 10.2 Å². The number of nitrogens with one attached hydrogen (secondary N) is 1. The molecule has 1 heterocycles. The summed E-state index contributed by atoms with van der Waals surface area (Å²) in [6, 6.07) is 3.68. The van der Waals surface area contributed by atoms with Gasteiger partial charge in [-0.25, -0.2) is 4.98 Å². The third-order valence-electron chi connectivity index (χ3n) is 2.75. The lowest BCUT2D eigenvalue weighted by Crippen LogP contribution is -2.35. The summed E-state index contributed by atoms with van der Waals surface area (Å²) in [5, 5.41) is 3.33. The summed E-state index contributed by atoms with van der Waals surface area (Å²) < 4.78 is 36.6. The van der Waals surface area contributed by atoms with Crippen molar-refractivity contribution in [2.75, 3.05) is 18.5 Å². The fourth-order valence-corrected chi connectivity index (χ4v) is 1.56. The Bertz CT molecular complexity index is 424. The highest BCUT2D eigenvalue weighted by molar-refractivity contribution is 5.40. The molecule has 0 bridgehead atoms. The van der Waals surface area contributed by atoms with Gasteiger partial charge in [-0.2, -0.15) is 13.2 Å². The molecule has 0 fully saturated rings. The first-order valence-corrected chi connectivity index (χ1v) is 6.55. The molecular weight excluding hydrogens is 267 g/mol. The zero-order valence-corrected chi connectivity index (χ0v) is 12.4. The predicted octanol–water partition coefficient (Wildman–Crippen LogP) is 3.36. The number of alkyl halides is 3. The predicted molar refractivity (Wildman–Crippen MR) is 74.8 cm³/mol. The molecule has 0 aliphatic carbocycles. The van der Waals surface area contributed by atoms with E-state index < -0.39 is 12.6 Å². The Kier molecular flexibility index (Phi) is 5.39. The van der Waals surface area contributed by atoms with E-state index in [0.717, 1.165) is 5.56 Å². The molecule has 1 aromatic heterocycles. The zero-order valence-electron chi connectivity index (χ0n) is 12.4. The molecule has 114 valence electrons. The van der Waals surface area contributed by atoms with Crippen LogP contribution in [0.15, 0.2) is 18.3 Å². The Hall–Kier alpha value is -1.30. The van der Waals surface area contributed by atoms with Crippen LogP contribution in [0, 0.1) is 0 Å². The van der Waals surface area contributed by atoms with E-state index in [1.807, 2.05) is 12.1 Å². The fraction of sp³-hybridized carbons (Fsp3) is 0.643. The molecule has 0 aliphatic heterocycles. The maximum atomic E-state index is 12.2. The molecule has 1 rings (SSSR count). The molecule has 1 N–H and O–H groups in total. The van der Waals surface area contributed by atoms with Gasteiger partial charge >= 0.3 is 6.18 Å². The first-order chi connectivity index (χ1) is 9.07. The van der Waals surface area contributed by atoms with Crippen LogP contribution in [0.3, 0.4) is 0 Å². The minimum Gasteiger partial charge on any atom is -0.359 e. The van der Waals surface area contributed by atoms with Gasteiger partial charge in [-0.15, -0.1) is 0 Å². The molecule has 0 unspecified atom stereocenters. The van der Waals surface area contributed by atoms with Crippen LogP contribution >= 0.6 is 0 Å². The molecule has 0 radical (unpaired) electrons. The summed E-state index contributed by atoms with van der Waals surface area (Å²) in [6.07, 6.45) is -3.35. The highest BCUT2D eigenvalue weighted by Gasteiger charge is 2.27. The van der Waals surface area contributed by atoms with E-state index in [-0.39, 0.29) is 12.1 Å². The Morgan fingerprint density at radius 1 is 1.25 bits per heavy atom. The molecule has 0 spiro atoms. The topological polar surface area (TPSA) is 28.2 Å². The van der Waals surface area contributed by atoms with Gasteiger partial charge in [0.1, 0.15) is 5.82 Å². The smallest absolute Gasteiger partial charge is 0.359 e. The number of anilines is 1. The largest absolute Gasteiger partial charge is 0.390 e. The van der Waals surface area contributed by atoms with Crippen LogP contribution in [0.5, 0.6) is 0 Å². The normalized spacial score (nSPS) is 12.6. The monoisotopic (exact) mass is 289 g/mol. The summed E-state index contributed by atoms with van der Waals surface area (Å²) in [5.41, 5.74) is 0.995. The van der Waals surface area contributed by atoms with E-state index in [1.165, 1.54) is 4.90 Å².